The van der Waals surface area contributed by atoms with Gasteiger partial charge < -0.3 is 0 Å². The quantitative estimate of drug-likeness (QED) is 0.671. The summed E-state index contributed by atoms with van der Waals surface area (Å²) in [6.07, 6.45) is 10.2. The van der Waals surface area contributed by atoms with Crippen LogP contribution < -0.4 is 0 Å². The minimum Gasteiger partial charge on any atom is -0.0802 e. The zero-order valence-corrected chi connectivity index (χ0v) is 9.48. The van der Waals surface area contributed by atoms with E-state index in [1.54, 1.807) is 0 Å². The molecule has 0 heteroatoms. The summed E-state index contributed by atoms with van der Waals surface area (Å²) in [6.45, 7) is 4.59. The monoisotopic (exact) mass is 198 g/mol. The third-order valence-electron chi connectivity index (χ3n) is 3.50. The minimum atomic E-state index is 0.171. The van der Waals surface area contributed by atoms with Crippen molar-refractivity contribution in [3.05, 3.63) is 60.2 Å². The number of hydrogen-bond acceptors (Lipinski definition) is 0. The topological polar surface area (TPSA) is 0 Å². The van der Waals surface area contributed by atoms with Crippen LogP contribution in [0.15, 0.2) is 54.6 Å². The van der Waals surface area contributed by atoms with Gasteiger partial charge in [0.25, 0.3) is 0 Å². The Morgan fingerprint density at radius 3 is 2.53 bits per heavy atom. The number of allylic oxidation sites excluding steroid dienone is 4. The molecule has 0 saturated heterocycles. The van der Waals surface area contributed by atoms with E-state index in [0.29, 0.717) is 5.92 Å². The smallest absolute Gasteiger partial charge is 0.0169 e. The van der Waals surface area contributed by atoms with Crippen molar-refractivity contribution in [2.24, 2.45) is 5.92 Å². The lowest BCUT2D eigenvalue weighted by molar-refractivity contribution is 0.414. The van der Waals surface area contributed by atoms with Crippen LogP contribution >= 0.6 is 0 Å². The van der Waals surface area contributed by atoms with Crippen molar-refractivity contribution in [1.29, 1.82) is 0 Å². The normalized spacial score (nSPS) is 29.3. The fraction of sp³-hybridized carbons (Fsp3) is 0.333. The molecule has 2 rings (SSSR count). The summed E-state index contributed by atoms with van der Waals surface area (Å²) in [5.41, 5.74) is 1.59. The Kier molecular flexibility index (Phi) is 2.77. The van der Waals surface area contributed by atoms with Crippen molar-refractivity contribution in [3.8, 4) is 0 Å². The second kappa shape index (κ2) is 4.06. The molecule has 1 aromatic carbocycles. The van der Waals surface area contributed by atoms with Gasteiger partial charge in [-0.25, -0.2) is 0 Å². The van der Waals surface area contributed by atoms with E-state index in [1.807, 2.05) is 0 Å². The molecule has 0 N–H and O–H groups in total. The first kappa shape index (κ1) is 10.2. The first-order chi connectivity index (χ1) is 7.27. The number of rotatable bonds is 2. The van der Waals surface area contributed by atoms with Gasteiger partial charge in [-0.05, 0) is 17.9 Å². The fourth-order valence-corrected chi connectivity index (χ4v) is 2.44. The Morgan fingerprint density at radius 2 is 1.87 bits per heavy atom. The highest BCUT2D eigenvalue weighted by atomic mass is 14.3. The van der Waals surface area contributed by atoms with Gasteiger partial charge in [0, 0.05) is 5.41 Å². The molecule has 78 valence electrons. The summed E-state index contributed by atoms with van der Waals surface area (Å²) in [6, 6.07) is 10.8. The first-order valence-corrected chi connectivity index (χ1v) is 5.69. The van der Waals surface area contributed by atoms with Crippen molar-refractivity contribution in [2.45, 2.75) is 25.7 Å². The van der Waals surface area contributed by atoms with E-state index >= 15 is 0 Å². The Bertz CT molecular complexity index is 372. The highest BCUT2D eigenvalue weighted by Gasteiger charge is 2.31. The zero-order valence-electron chi connectivity index (χ0n) is 9.48. The average molecular weight is 198 g/mol. The largest absolute Gasteiger partial charge is 0.0802 e. The van der Waals surface area contributed by atoms with E-state index < -0.39 is 0 Å². The molecule has 0 bridgehead atoms. The molecule has 0 heterocycles. The van der Waals surface area contributed by atoms with Crippen molar-refractivity contribution >= 4 is 0 Å². The van der Waals surface area contributed by atoms with Gasteiger partial charge in [-0.1, -0.05) is 68.5 Å². The van der Waals surface area contributed by atoms with Crippen LogP contribution in [0.3, 0.4) is 0 Å². The second-order valence-electron chi connectivity index (χ2n) is 4.41. The van der Waals surface area contributed by atoms with E-state index in [2.05, 4.69) is 68.5 Å². The van der Waals surface area contributed by atoms with Gasteiger partial charge in [0.2, 0.25) is 0 Å². The highest BCUT2D eigenvalue weighted by molar-refractivity contribution is 5.36. The van der Waals surface area contributed by atoms with Gasteiger partial charge >= 0.3 is 0 Å². The van der Waals surface area contributed by atoms with Crippen molar-refractivity contribution in [2.75, 3.05) is 0 Å². The molecule has 0 nitrogen and oxygen atoms in total. The summed E-state index contributed by atoms with van der Waals surface area (Å²) in [5, 5.41) is 0. The molecule has 1 aliphatic carbocycles. The Hall–Kier alpha value is -1.30. The van der Waals surface area contributed by atoms with Crippen LogP contribution in [0, 0.1) is 5.92 Å². The van der Waals surface area contributed by atoms with Crippen molar-refractivity contribution in [3.63, 3.8) is 0 Å². The molecule has 0 aliphatic heterocycles. The van der Waals surface area contributed by atoms with Crippen LogP contribution in [-0.4, -0.2) is 0 Å². The molecule has 1 aromatic rings. The van der Waals surface area contributed by atoms with E-state index in [-0.39, 0.29) is 5.41 Å². The van der Waals surface area contributed by atoms with E-state index in [4.69, 9.17) is 0 Å². The van der Waals surface area contributed by atoms with Gasteiger partial charge in [-0.2, -0.15) is 0 Å². The maximum Gasteiger partial charge on any atom is 0.0169 e. The van der Waals surface area contributed by atoms with Gasteiger partial charge in [0.1, 0.15) is 0 Å². The molecular weight excluding hydrogens is 180 g/mol. The molecule has 0 aromatic heterocycles. The third-order valence-corrected chi connectivity index (χ3v) is 3.50. The number of hydrogen-bond donors (Lipinski definition) is 0. The van der Waals surface area contributed by atoms with Crippen LogP contribution in [0.5, 0.6) is 0 Å². The summed E-state index contributed by atoms with van der Waals surface area (Å²) in [7, 11) is 0. The highest BCUT2D eigenvalue weighted by Crippen LogP contribution is 2.38. The summed E-state index contributed by atoms with van der Waals surface area (Å²) in [5.74, 6) is 0.616. The molecular formula is C15H18. The van der Waals surface area contributed by atoms with Crippen molar-refractivity contribution in [1.82, 2.24) is 0 Å². The van der Waals surface area contributed by atoms with E-state index in [1.165, 1.54) is 12.0 Å². The third kappa shape index (κ3) is 1.77. The summed E-state index contributed by atoms with van der Waals surface area (Å²) in [4.78, 5) is 0. The summed E-state index contributed by atoms with van der Waals surface area (Å²) < 4.78 is 0. The molecule has 2 atom stereocenters. The maximum absolute atomic E-state index is 2.33. The first-order valence-electron chi connectivity index (χ1n) is 5.69. The van der Waals surface area contributed by atoms with Gasteiger partial charge in [-0.3, -0.25) is 0 Å². The molecule has 0 spiro atoms. The van der Waals surface area contributed by atoms with E-state index in [9.17, 15) is 0 Å². The van der Waals surface area contributed by atoms with E-state index in [0.717, 1.165) is 0 Å². The molecule has 0 saturated carbocycles. The second-order valence-corrected chi connectivity index (χ2v) is 4.41. The molecule has 2 unspecified atom stereocenters. The standard InChI is InChI=1S/C15H18/c1-3-13-9-7-8-12-15(13,2)14-10-5-4-6-11-14/h4-13H,3H2,1-2H3. The number of benzene rings is 1. The predicted molar refractivity (Wildman–Crippen MR) is 65.9 cm³/mol. The molecule has 0 fully saturated rings. The average Bonchev–Trinajstić information content (AvgIpc) is 2.31. The van der Waals surface area contributed by atoms with Crippen molar-refractivity contribution < 1.29 is 0 Å². The maximum atomic E-state index is 2.33. The minimum absolute atomic E-state index is 0.171. The van der Waals surface area contributed by atoms with Crippen LogP contribution in [0.4, 0.5) is 0 Å². The summed E-state index contributed by atoms with van der Waals surface area (Å²) >= 11 is 0. The molecule has 1 aliphatic rings. The molecule has 15 heavy (non-hydrogen) atoms. The molecule has 0 amide bonds. The van der Waals surface area contributed by atoms with Crippen LogP contribution in [0.2, 0.25) is 0 Å². The fourth-order valence-electron chi connectivity index (χ4n) is 2.44. The van der Waals surface area contributed by atoms with Crippen LogP contribution in [0.25, 0.3) is 0 Å². The van der Waals surface area contributed by atoms with Crippen LogP contribution in [-0.2, 0) is 5.41 Å². The lowest BCUT2D eigenvalue weighted by atomic mass is 9.69. The van der Waals surface area contributed by atoms with Gasteiger partial charge in [0.05, 0.1) is 0 Å². The lowest BCUT2D eigenvalue weighted by Crippen LogP contribution is -2.29. The van der Waals surface area contributed by atoms with Crippen LogP contribution in [0.1, 0.15) is 25.8 Å². The lowest BCUT2D eigenvalue weighted by Gasteiger charge is -2.35. The Morgan fingerprint density at radius 1 is 1.13 bits per heavy atom. The van der Waals surface area contributed by atoms with Gasteiger partial charge in [0.15, 0.2) is 0 Å². The zero-order chi connectivity index (χ0) is 10.7. The predicted octanol–water partition coefficient (Wildman–Crippen LogP) is 4.10. The molecule has 0 radical (unpaired) electrons. The SMILES string of the molecule is CCC1C=CC=CC1(C)c1ccccc1. The van der Waals surface area contributed by atoms with Gasteiger partial charge in [-0.15, -0.1) is 0 Å². The Labute approximate surface area is 92.3 Å². The Balaban J connectivity index is 2.41.